The van der Waals surface area contributed by atoms with Crippen LogP contribution in [0.5, 0.6) is 0 Å². The monoisotopic (exact) mass is 271 g/mol. The smallest absolute Gasteiger partial charge is 0.295 e. The molecule has 0 aliphatic heterocycles. The third-order valence-electron chi connectivity index (χ3n) is 2.15. The van der Waals surface area contributed by atoms with Crippen LogP contribution in [0.25, 0.3) is 0 Å². The summed E-state index contributed by atoms with van der Waals surface area (Å²) in [6, 6.07) is 0. The molecule has 1 rings (SSSR count). The van der Waals surface area contributed by atoms with Crippen LogP contribution in [0.1, 0.15) is 32.5 Å². The van der Waals surface area contributed by atoms with Gasteiger partial charge in [0.25, 0.3) is 5.16 Å². The van der Waals surface area contributed by atoms with Crippen LogP contribution in [0.4, 0.5) is 12.7 Å². The van der Waals surface area contributed by atoms with Gasteiger partial charge in [-0.05, 0) is 6.42 Å². The van der Waals surface area contributed by atoms with Crippen molar-refractivity contribution in [3.8, 4) is 0 Å². The fourth-order valence-electron chi connectivity index (χ4n) is 1.32. The van der Waals surface area contributed by atoms with Gasteiger partial charge in [-0.1, -0.05) is 17.7 Å². The van der Waals surface area contributed by atoms with Gasteiger partial charge in [-0.2, -0.15) is 17.2 Å². The van der Waals surface area contributed by atoms with Gasteiger partial charge in [-0.3, -0.25) is 4.57 Å². The number of halogens is 3. The molecule has 5 nitrogen and oxygen atoms in total. The van der Waals surface area contributed by atoms with Crippen molar-refractivity contribution in [1.82, 2.24) is 14.8 Å². The van der Waals surface area contributed by atoms with Gasteiger partial charge >= 0.3 is 16.1 Å². The first-order valence-electron chi connectivity index (χ1n) is 5.00. The van der Waals surface area contributed by atoms with Crippen molar-refractivity contribution in [3.05, 3.63) is 5.82 Å². The maximum absolute atomic E-state index is 13.4. The predicted octanol–water partition coefficient (Wildman–Crippen LogP) is 1.85. The molecule has 0 aliphatic rings. The molecule has 0 N–H and O–H groups in total. The molecule has 0 radical (unpaired) electrons. The van der Waals surface area contributed by atoms with Gasteiger partial charge in [0, 0.05) is 13.0 Å². The summed E-state index contributed by atoms with van der Waals surface area (Å²) >= 11 is 0. The molecule has 0 aromatic carbocycles. The van der Waals surface area contributed by atoms with E-state index in [0.717, 1.165) is 0 Å². The second kappa shape index (κ2) is 4.63. The zero-order chi connectivity index (χ0) is 13.3. The van der Waals surface area contributed by atoms with Crippen LogP contribution in [0, 0.1) is 0 Å². The van der Waals surface area contributed by atoms with E-state index in [4.69, 9.17) is 0 Å². The minimum atomic E-state index is -5.15. The van der Waals surface area contributed by atoms with Crippen molar-refractivity contribution in [1.29, 1.82) is 0 Å². The number of nitrogens with zero attached hydrogens (tertiary/aromatic N) is 3. The molecule has 9 heteroatoms. The zero-order valence-electron chi connectivity index (χ0n) is 9.32. The lowest BCUT2D eigenvalue weighted by Gasteiger charge is -2.14. The highest BCUT2D eigenvalue weighted by Crippen LogP contribution is 2.31. The fraction of sp³-hybridized carbons (Fsp3) is 0.750. The lowest BCUT2D eigenvalue weighted by atomic mass is 10.2. The third kappa shape index (κ3) is 2.76. The number of rotatable bonds is 5. The minimum absolute atomic E-state index is 0.0869. The quantitative estimate of drug-likeness (QED) is 0.767. The summed E-state index contributed by atoms with van der Waals surface area (Å²) in [6.07, 6.45) is -0.214. The molecule has 1 aromatic rings. The Morgan fingerprint density at radius 3 is 2.29 bits per heavy atom. The Hall–Kier alpha value is -1.12. The maximum atomic E-state index is 13.4. The van der Waals surface area contributed by atoms with E-state index in [9.17, 15) is 21.1 Å². The normalized spacial score (nSPS) is 13.0. The number of hydrogen-bond donors (Lipinski definition) is 0. The molecule has 0 amide bonds. The van der Waals surface area contributed by atoms with E-state index in [-0.39, 0.29) is 6.54 Å². The first kappa shape index (κ1) is 13.9. The molecule has 0 aliphatic carbocycles. The summed E-state index contributed by atoms with van der Waals surface area (Å²) in [7, 11) is -5.15. The average Bonchev–Trinajstić information content (AvgIpc) is 2.62. The molecule has 0 saturated carbocycles. The molecule has 0 atom stereocenters. The second-order valence-corrected chi connectivity index (χ2v) is 4.69. The van der Waals surface area contributed by atoms with E-state index in [1.807, 2.05) is 0 Å². The van der Waals surface area contributed by atoms with Crippen LogP contribution >= 0.6 is 0 Å². The van der Waals surface area contributed by atoms with Crippen LogP contribution in [-0.2, 0) is 22.7 Å². The van der Waals surface area contributed by atoms with Crippen LogP contribution < -0.4 is 0 Å². The number of aromatic nitrogens is 3. The van der Waals surface area contributed by atoms with Gasteiger partial charge in [0.05, 0.1) is 0 Å². The van der Waals surface area contributed by atoms with E-state index >= 15 is 0 Å². The number of hydrogen-bond acceptors (Lipinski definition) is 4. The summed E-state index contributed by atoms with van der Waals surface area (Å²) < 4.78 is 61.7. The molecule has 98 valence electrons. The van der Waals surface area contributed by atoms with Gasteiger partial charge in [0.2, 0.25) is 5.82 Å². The van der Waals surface area contributed by atoms with Gasteiger partial charge < -0.3 is 0 Å². The molecule has 0 fully saturated rings. The SMILES string of the molecule is CCCn1c(C(F)(F)CC)nnc1S(=O)(=O)F. The van der Waals surface area contributed by atoms with Gasteiger partial charge in [0.1, 0.15) is 0 Å². The minimum Gasteiger partial charge on any atom is -0.295 e. The Bertz CT molecular complexity index is 498. The Morgan fingerprint density at radius 2 is 1.88 bits per heavy atom. The van der Waals surface area contributed by atoms with E-state index in [1.165, 1.54) is 6.92 Å². The van der Waals surface area contributed by atoms with Crippen LogP contribution in [-0.4, -0.2) is 23.2 Å². The second-order valence-electron chi connectivity index (χ2n) is 3.45. The Labute approximate surface area is 96.9 Å². The van der Waals surface area contributed by atoms with E-state index in [0.29, 0.717) is 11.0 Å². The molecule has 17 heavy (non-hydrogen) atoms. The molecule has 0 saturated heterocycles. The van der Waals surface area contributed by atoms with Crippen molar-refractivity contribution < 1.29 is 21.1 Å². The molecule has 0 unspecified atom stereocenters. The van der Waals surface area contributed by atoms with Crippen LogP contribution in [0.15, 0.2) is 5.16 Å². The standard InChI is InChI=1S/C8H12F3N3O2S/c1-3-5-14-6(8(9,10)4-2)12-13-7(14)17(11,15)16/h3-5H2,1-2H3. The topological polar surface area (TPSA) is 64.8 Å². The summed E-state index contributed by atoms with van der Waals surface area (Å²) in [5.74, 6) is -4.15. The summed E-state index contributed by atoms with van der Waals surface area (Å²) in [6.45, 7) is 2.77. The van der Waals surface area contributed by atoms with E-state index < -0.39 is 33.5 Å². The Kier molecular flexibility index (Phi) is 3.80. The molecule has 0 bridgehead atoms. The first-order chi connectivity index (χ1) is 7.74. The lowest BCUT2D eigenvalue weighted by molar-refractivity contribution is -0.0218. The molecule has 0 spiro atoms. The van der Waals surface area contributed by atoms with Crippen molar-refractivity contribution in [2.24, 2.45) is 0 Å². The van der Waals surface area contributed by atoms with Crippen LogP contribution in [0.3, 0.4) is 0 Å². The van der Waals surface area contributed by atoms with Gasteiger partial charge in [-0.15, -0.1) is 10.2 Å². The Morgan fingerprint density at radius 1 is 1.29 bits per heavy atom. The molecule has 1 heterocycles. The summed E-state index contributed by atoms with van der Waals surface area (Å²) in [5, 5.41) is 5.01. The fourth-order valence-corrected chi connectivity index (χ4v) is 1.90. The molecular weight excluding hydrogens is 259 g/mol. The van der Waals surface area contributed by atoms with Crippen molar-refractivity contribution in [2.75, 3.05) is 0 Å². The van der Waals surface area contributed by atoms with Gasteiger partial charge in [-0.25, -0.2) is 0 Å². The first-order valence-corrected chi connectivity index (χ1v) is 6.38. The summed E-state index contributed by atoms with van der Waals surface area (Å²) in [4.78, 5) is 0. The zero-order valence-corrected chi connectivity index (χ0v) is 10.1. The van der Waals surface area contributed by atoms with Crippen molar-refractivity contribution >= 4 is 10.2 Å². The average molecular weight is 271 g/mol. The van der Waals surface area contributed by atoms with Crippen LogP contribution in [0.2, 0.25) is 0 Å². The van der Waals surface area contributed by atoms with Crippen molar-refractivity contribution in [2.45, 2.75) is 44.3 Å². The van der Waals surface area contributed by atoms with Crippen molar-refractivity contribution in [3.63, 3.8) is 0 Å². The number of alkyl halides is 2. The highest BCUT2D eigenvalue weighted by molar-refractivity contribution is 7.86. The lowest BCUT2D eigenvalue weighted by Crippen LogP contribution is -2.20. The van der Waals surface area contributed by atoms with Gasteiger partial charge in [0.15, 0.2) is 0 Å². The molecular formula is C8H12F3N3O2S. The highest BCUT2D eigenvalue weighted by Gasteiger charge is 2.38. The Balaban J connectivity index is 3.40. The van der Waals surface area contributed by atoms with E-state index in [2.05, 4.69) is 10.2 Å². The maximum Gasteiger partial charge on any atom is 0.368 e. The molecule has 1 aromatic heterocycles. The largest absolute Gasteiger partial charge is 0.368 e. The predicted molar refractivity (Wildman–Crippen MR) is 52.8 cm³/mol. The van der Waals surface area contributed by atoms with E-state index in [1.54, 1.807) is 6.92 Å². The third-order valence-corrected chi connectivity index (χ3v) is 2.89. The highest BCUT2D eigenvalue weighted by atomic mass is 32.3. The summed E-state index contributed by atoms with van der Waals surface area (Å²) in [5.41, 5.74) is 0.